The SMILES string of the molecule is COc1nc(N2CCOCC2)ccc1N.Cl.Cl. The van der Waals surface area contributed by atoms with Crippen LogP contribution in [0.1, 0.15) is 0 Å². The zero-order chi connectivity index (χ0) is 10.7. The average Bonchev–Trinajstić information content (AvgIpc) is 2.31. The van der Waals surface area contributed by atoms with E-state index in [1.165, 1.54) is 0 Å². The number of halogens is 2. The lowest BCUT2D eigenvalue weighted by Crippen LogP contribution is -2.36. The van der Waals surface area contributed by atoms with Crippen LogP contribution in [0.3, 0.4) is 0 Å². The van der Waals surface area contributed by atoms with Gasteiger partial charge in [-0.1, -0.05) is 0 Å². The Bertz CT molecular complexity index is 346. The molecule has 0 atom stereocenters. The summed E-state index contributed by atoms with van der Waals surface area (Å²) in [4.78, 5) is 6.50. The molecule has 98 valence electrons. The maximum absolute atomic E-state index is 5.70. The first kappa shape index (κ1) is 16.1. The molecule has 1 aliphatic rings. The summed E-state index contributed by atoms with van der Waals surface area (Å²) in [5.74, 6) is 1.38. The third-order valence-corrected chi connectivity index (χ3v) is 2.40. The minimum absolute atomic E-state index is 0. The number of nitrogen functional groups attached to an aromatic ring is 1. The molecule has 1 aliphatic heterocycles. The Balaban J connectivity index is 0.00000128. The highest BCUT2D eigenvalue weighted by Crippen LogP contribution is 2.22. The van der Waals surface area contributed by atoms with E-state index in [0.717, 1.165) is 32.1 Å². The summed E-state index contributed by atoms with van der Waals surface area (Å²) in [6, 6.07) is 3.72. The fraction of sp³-hybridized carbons (Fsp3) is 0.500. The van der Waals surface area contributed by atoms with Crippen LogP contribution in [0.4, 0.5) is 11.5 Å². The van der Waals surface area contributed by atoms with E-state index in [1.807, 2.05) is 12.1 Å². The molecule has 0 aromatic carbocycles. The third-order valence-electron chi connectivity index (χ3n) is 2.40. The largest absolute Gasteiger partial charge is 0.479 e. The lowest BCUT2D eigenvalue weighted by atomic mass is 10.3. The van der Waals surface area contributed by atoms with Crippen LogP contribution in [-0.2, 0) is 4.74 Å². The highest BCUT2D eigenvalue weighted by molar-refractivity contribution is 5.85. The number of nitrogens with two attached hydrogens (primary N) is 1. The Labute approximate surface area is 113 Å². The van der Waals surface area contributed by atoms with Gasteiger partial charge in [0.05, 0.1) is 26.0 Å². The second-order valence-corrected chi connectivity index (χ2v) is 3.37. The van der Waals surface area contributed by atoms with Crippen LogP contribution >= 0.6 is 24.8 Å². The standard InChI is InChI=1S/C10H15N3O2.2ClH/c1-14-10-8(11)2-3-9(12-10)13-4-6-15-7-5-13;;/h2-3H,4-7,11H2,1H3;2*1H. The Morgan fingerprint density at radius 2 is 1.94 bits per heavy atom. The number of nitrogens with zero attached hydrogens (tertiary/aromatic N) is 2. The van der Waals surface area contributed by atoms with Gasteiger partial charge in [0.25, 0.3) is 0 Å². The van der Waals surface area contributed by atoms with Crippen molar-refractivity contribution < 1.29 is 9.47 Å². The average molecular weight is 282 g/mol. The van der Waals surface area contributed by atoms with Crippen LogP contribution in [0.2, 0.25) is 0 Å². The fourth-order valence-corrected chi connectivity index (χ4v) is 1.57. The molecule has 1 aromatic heterocycles. The summed E-state index contributed by atoms with van der Waals surface area (Å²) in [6.07, 6.45) is 0. The van der Waals surface area contributed by atoms with E-state index in [0.29, 0.717) is 11.6 Å². The highest BCUT2D eigenvalue weighted by Gasteiger charge is 2.13. The van der Waals surface area contributed by atoms with Crippen LogP contribution in [0.25, 0.3) is 0 Å². The summed E-state index contributed by atoms with van der Waals surface area (Å²) in [7, 11) is 1.57. The van der Waals surface area contributed by atoms with Crippen molar-refractivity contribution in [2.24, 2.45) is 0 Å². The van der Waals surface area contributed by atoms with E-state index in [2.05, 4.69) is 9.88 Å². The number of hydrogen-bond donors (Lipinski definition) is 1. The van der Waals surface area contributed by atoms with Gasteiger partial charge in [0, 0.05) is 13.1 Å². The van der Waals surface area contributed by atoms with Crippen molar-refractivity contribution in [1.82, 2.24) is 4.98 Å². The molecule has 2 N–H and O–H groups in total. The van der Waals surface area contributed by atoms with Crippen molar-refractivity contribution in [2.75, 3.05) is 44.0 Å². The summed E-state index contributed by atoms with van der Waals surface area (Å²) < 4.78 is 10.4. The van der Waals surface area contributed by atoms with Crippen molar-refractivity contribution in [3.05, 3.63) is 12.1 Å². The zero-order valence-electron chi connectivity index (χ0n) is 9.59. The molecule has 2 rings (SSSR count). The number of rotatable bonds is 2. The van der Waals surface area contributed by atoms with Gasteiger partial charge in [0.2, 0.25) is 5.88 Å². The van der Waals surface area contributed by atoms with Gasteiger partial charge in [-0.05, 0) is 12.1 Å². The maximum Gasteiger partial charge on any atom is 0.238 e. The molecule has 2 heterocycles. The summed E-state index contributed by atoms with van der Waals surface area (Å²) in [5, 5.41) is 0. The highest BCUT2D eigenvalue weighted by atomic mass is 35.5. The quantitative estimate of drug-likeness (QED) is 0.887. The fourth-order valence-electron chi connectivity index (χ4n) is 1.57. The molecule has 1 saturated heterocycles. The topological polar surface area (TPSA) is 60.6 Å². The van der Waals surface area contributed by atoms with E-state index in [1.54, 1.807) is 7.11 Å². The van der Waals surface area contributed by atoms with Crippen molar-refractivity contribution in [2.45, 2.75) is 0 Å². The molecule has 0 bridgehead atoms. The summed E-state index contributed by atoms with van der Waals surface area (Å²) >= 11 is 0. The predicted octanol–water partition coefficient (Wildman–Crippen LogP) is 1.35. The van der Waals surface area contributed by atoms with Crippen LogP contribution in [0.5, 0.6) is 5.88 Å². The number of methoxy groups -OCH3 is 1. The lowest BCUT2D eigenvalue weighted by Gasteiger charge is -2.28. The van der Waals surface area contributed by atoms with Gasteiger partial charge in [0.1, 0.15) is 5.82 Å². The number of pyridine rings is 1. The number of morpholine rings is 1. The van der Waals surface area contributed by atoms with Gasteiger partial charge in [-0.2, -0.15) is 4.98 Å². The Morgan fingerprint density at radius 3 is 2.53 bits per heavy atom. The van der Waals surface area contributed by atoms with E-state index < -0.39 is 0 Å². The minimum atomic E-state index is 0. The predicted molar refractivity (Wildman–Crippen MR) is 72.7 cm³/mol. The number of hydrogen-bond acceptors (Lipinski definition) is 5. The van der Waals surface area contributed by atoms with Crippen LogP contribution in [0.15, 0.2) is 12.1 Å². The van der Waals surface area contributed by atoms with Crippen molar-refractivity contribution in [3.8, 4) is 5.88 Å². The van der Waals surface area contributed by atoms with Gasteiger partial charge in [0.15, 0.2) is 0 Å². The summed E-state index contributed by atoms with van der Waals surface area (Å²) in [6.45, 7) is 3.21. The second kappa shape index (κ2) is 7.42. The van der Waals surface area contributed by atoms with Crippen LogP contribution < -0.4 is 15.4 Å². The minimum Gasteiger partial charge on any atom is -0.479 e. The third kappa shape index (κ3) is 3.80. The van der Waals surface area contributed by atoms with Gasteiger partial charge in [-0.15, -0.1) is 24.8 Å². The van der Waals surface area contributed by atoms with Gasteiger partial charge >= 0.3 is 0 Å². The molecule has 0 aliphatic carbocycles. The van der Waals surface area contributed by atoms with Crippen molar-refractivity contribution in [1.29, 1.82) is 0 Å². The van der Waals surface area contributed by atoms with Gasteiger partial charge in [-0.25, -0.2) is 0 Å². The first-order valence-corrected chi connectivity index (χ1v) is 4.94. The molecule has 0 radical (unpaired) electrons. The van der Waals surface area contributed by atoms with Crippen LogP contribution in [-0.4, -0.2) is 38.4 Å². The zero-order valence-corrected chi connectivity index (χ0v) is 11.2. The first-order valence-electron chi connectivity index (χ1n) is 4.94. The number of anilines is 2. The van der Waals surface area contributed by atoms with Gasteiger partial charge < -0.3 is 20.1 Å². The molecule has 0 saturated carbocycles. The Hall–Kier alpha value is -0.910. The Kier molecular flexibility index (Phi) is 7.03. The molecular weight excluding hydrogens is 265 g/mol. The molecule has 1 fully saturated rings. The van der Waals surface area contributed by atoms with Gasteiger partial charge in [-0.3, -0.25) is 0 Å². The second-order valence-electron chi connectivity index (χ2n) is 3.37. The van der Waals surface area contributed by atoms with E-state index in [4.69, 9.17) is 15.2 Å². The molecule has 0 unspecified atom stereocenters. The van der Waals surface area contributed by atoms with E-state index in [9.17, 15) is 0 Å². The van der Waals surface area contributed by atoms with Crippen molar-refractivity contribution >= 4 is 36.3 Å². The smallest absolute Gasteiger partial charge is 0.238 e. The van der Waals surface area contributed by atoms with E-state index >= 15 is 0 Å². The molecule has 5 nitrogen and oxygen atoms in total. The number of ether oxygens (including phenoxy) is 2. The van der Waals surface area contributed by atoms with Crippen molar-refractivity contribution in [3.63, 3.8) is 0 Å². The van der Waals surface area contributed by atoms with E-state index in [-0.39, 0.29) is 24.8 Å². The molecule has 0 amide bonds. The molecular formula is C10H17Cl2N3O2. The lowest BCUT2D eigenvalue weighted by molar-refractivity contribution is 0.122. The summed E-state index contributed by atoms with van der Waals surface area (Å²) in [5.41, 5.74) is 6.26. The first-order chi connectivity index (χ1) is 7.31. The Morgan fingerprint density at radius 1 is 1.29 bits per heavy atom. The van der Waals surface area contributed by atoms with Crippen LogP contribution in [0, 0.1) is 0 Å². The monoisotopic (exact) mass is 281 g/mol. The maximum atomic E-state index is 5.70. The number of aromatic nitrogens is 1. The normalized spacial score (nSPS) is 14.5. The molecule has 1 aromatic rings. The molecule has 7 heteroatoms. The molecule has 17 heavy (non-hydrogen) atoms. The molecule has 0 spiro atoms.